The highest BCUT2D eigenvalue weighted by atomic mass is 16.5. The van der Waals surface area contributed by atoms with E-state index in [1.165, 1.54) is 5.56 Å². The van der Waals surface area contributed by atoms with Crippen molar-refractivity contribution in [3.8, 4) is 11.1 Å². The highest BCUT2D eigenvalue weighted by molar-refractivity contribution is 5.94. The van der Waals surface area contributed by atoms with Crippen LogP contribution in [0.25, 0.3) is 11.1 Å². The van der Waals surface area contributed by atoms with Crippen LogP contribution in [0, 0.1) is 5.92 Å². The Hall–Kier alpha value is -2.13. The van der Waals surface area contributed by atoms with Crippen LogP contribution in [0.4, 0.5) is 0 Å². The van der Waals surface area contributed by atoms with E-state index < -0.39 is 0 Å². The molecule has 0 atom stereocenters. The van der Waals surface area contributed by atoms with E-state index in [1.54, 1.807) is 0 Å². The molecule has 1 heterocycles. The number of carbonyl (C=O) groups is 1. The van der Waals surface area contributed by atoms with Gasteiger partial charge in [0.05, 0.1) is 0 Å². The first-order valence-corrected chi connectivity index (χ1v) is 8.73. The Labute approximate surface area is 144 Å². The Morgan fingerprint density at radius 3 is 2.29 bits per heavy atom. The Morgan fingerprint density at radius 2 is 1.62 bits per heavy atom. The maximum atomic E-state index is 12.6. The van der Waals surface area contributed by atoms with Gasteiger partial charge in [-0.05, 0) is 48.4 Å². The lowest BCUT2D eigenvalue weighted by molar-refractivity contribution is 0.0583. The third-order valence-electron chi connectivity index (χ3n) is 4.80. The van der Waals surface area contributed by atoms with Crippen LogP contribution in [0.3, 0.4) is 0 Å². The zero-order chi connectivity index (χ0) is 16.8. The number of ether oxygens (including phenoxy) is 1. The van der Waals surface area contributed by atoms with Gasteiger partial charge in [0.1, 0.15) is 0 Å². The molecule has 0 spiro atoms. The summed E-state index contributed by atoms with van der Waals surface area (Å²) in [6, 6.07) is 18.1. The number of amides is 1. The molecule has 1 amide bonds. The fourth-order valence-corrected chi connectivity index (χ4v) is 3.17. The van der Waals surface area contributed by atoms with Gasteiger partial charge in [-0.15, -0.1) is 0 Å². The number of hydrogen-bond acceptors (Lipinski definition) is 2. The summed E-state index contributed by atoms with van der Waals surface area (Å²) in [7, 11) is 1.90. The molecule has 0 unspecified atom stereocenters. The number of hydrogen-bond donors (Lipinski definition) is 0. The van der Waals surface area contributed by atoms with E-state index in [0.717, 1.165) is 50.1 Å². The monoisotopic (exact) mass is 323 g/mol. The van der Waals surface area contributed by atoms with Crippen molar-refractivity contribution in [2.75, 3.05) is 26.8 Å². The van der Waals surface area contributed by atoms with E-state index in [1.807, 2.05) is 54.4 Å². The van der Waals surface area contributed by atoms with Crippen molar-refractivity contribution < 1.29 is 9.53 Å². The van der Waals surface area contributed by atoms with Crippen LogP contribution in [0.5, 0.6) is 0 Å². The normalized spacial score (nSPS) is 15.2. The number of carbonyl (C=O) groups excluding carboxylic acids is 1. The van der Waals surface area contributed by atoms with Crippen LogP contribution in [0.1, 0.15) is 29.6 Å². The Kier molecular flexibility index (Phi) is 5.65. The maximum Gasteiger partial charge on any atom is 0.253 e. The minimum Gasteiger partial charge on any atom is -0.381 e. The van der Waals surface area contributed by atoms with Crippen molar-refractivity contribution in [3.63, 3.8) is 0 Å². The molecular formula is C21H25NO2. The average Bonchev–Trinajstić information content (AvgIpc) is 2.67. The molecule has 0 N–H and O–H groups in total. The third-order valence-corrected chi connectivity index (χ3v) is 4.80. The van der Waals surface area contributed by atoms with Crippen molar-refractivity contribution in [1.29, 1.82) is 0 Å². The molecule has 2 aromatic carbocycles. The van der Waals surface area contributed by atoms with Crippen LogP contribution in [-0.4, -0.2) is 37.6 Å². The molecule has 0 aromatic heterocycles. The highest BCUT2D eigenvalue weighted by Gasteiger charge is 2.17. The van der Waals surface area contributed by atoms with E-state index >= 15 is 0 Å². The number of rotatable bonds is 5. The Bertz CT molecular complexity index is 645. The van der Waals surface area contributed by atoms with Crippen molar-refractivity contribution in [2.24, 2.45) is 5.92 Å². The second-order valence-corrected chi connectivity index (χ2v) is 6.51. The zero-order valence-corrected chi connectivity index (χ0v) is 14.3. The van der Waals surface area contributed by atoms with Crippen molar-refractivity contribution >= 4 is 5.91 Å². The topological polar surface area (TPSA) is 29.5 Å². The smallest absolute Gasteiger partial charge is 0.253 e. The lowest BCUT2D eigenvalue weighted by Gasteiger charge is -2.25. The molecule has 2 aromatic rings. The van der Waals surface area contributed by atoms with Gasteiger partial charge in [-0.3, -0.25) is 4.79 Å². The molecule has 3 rings (SSSR count). The molecule has 0 radical (unpaired) electrons. The SMILES string of the molecule is CN(CCC1CCOCC1)C(=O)c1ccc(-c2ccccc2)cc1. The third kappa shape index (κ3) is 4.24. The van der Waals surface area contributed by atoms with E-state index in [9.17, 15) is 4.79 Å². The molecule has 1 fully saturated rings. The summed E-state index contributed by atoms with van der Waals surface area (Å²) in [5.41, 5.74) is 3.06. The summed E-state index contributed by atoms with van der Waals surface area (Å²) in [5, 5.41) is 0. The fourth-order valence-electron chi connectivity index (χ4n) is 3.17. The minimum atomic E-state index is 0.0988. The predicted octanol–water partition coefficient (Wildman–Crippen LogP) is 4.24. The summed E-state index contributed by atoms with van der Waals surface area (Å²) in [4.78, 5) is 14.4. The number of nitrogens with zero attached hydrogens (tertiary/aromatic N) is 1. The van der Waals surface area contributed by atoms with Crippen molar-refractivity contribution in [3.05, 3.63) is 60.2 Å². The summed E-state index contributed by atoms with van der Waals surface area (Å²) < 4.78 is 5.39. The molecule has 3 nitrogen and oxygen atoms in total. The summed E-state index contributed by atoms with van der Waals surface area (Å²) in [5.74, 6) is 0.788. The second-order valence-electron chi connectivity index (χ2n) is 6.51. The lowest BCUT2D eigenvalue weighted by Crippen LogP contribution is -2.30. The molecule has 1 aliphatic rings. The molecule has 1 saturated heterocycles. The van der Waals surface area contributed by atoms with Crippen LogP contribution in [0.15, 0.2) is 54.6 Å². The molecule has 0 saturated carbocycles. The maximum absolute atomic E-state index is 12.6. The van der Waals surface area contributed by atoms with Crippen LogP contribution in [0.2, 0.25) is 0 Å². The summed E-state index contributed by atoms with van der Waals surface area (Å²) in [6.45, 7) is 2.54. The van der Waals surface area contributed by atoms with Gasteiger partial charge < -0.3 is 9.64 Å². The van der Waals surface area contributed by atoms with Crippen LogP contribution >= 0.6 is 0 Å². The van der Waals surface area contributed by atoms with E-state index in [2.05, 4.69) is 12.1 Å². The van der Waals surface area contributed by atoms with E-state index in [-0.39, 0.29) is 5.91 Å². The van der Waals surface area contributed by atoms with Gasteiger partial charge in [-0.2, -0.15) is 0 Å². The fraction of sp³-hybridized carbons (Fsp3) is 0.381. The Morgan fingerprint density at radius 1 is 1.00 bits per heavy atom. The molecule has 1 aliphatic heterocycles. The molecule has 24 heavy (non-hydrogen) atoms. The quantitative estimate of drug-likeness (QED) is 0.823. The van der Waals surface area contributed by atoms with Crippen molar-refractivity contribution in [1.82, 2.24) is 4.90 Å². The second kappa shape index (κ2) is 8.11. The number of benzene rings is 2. The largest absolute Gasteiger partial charge is 0.381 e. The summed E-state index contributed by atoms with van der Waals surface area (Å²) >= 11 is 0. The van der Waals surface area contributed by atoms with Crippen LogP contribution < -0.4 is 0 Å². The highest BCUT2D eigenvalue weighted by Crippen LogP contribution is 2.21. The Balaban J connectivity index is 1.57. The van der Waals surface area contributed by atoms with Gasteiger partial charge in [-0.1, -0.05) is 42.5 Å². The van der Waals surface area contributed by atoms with Gasteiger partial charge in [-0.25, -0.2) is 0 Å². The minimum absolute atomic E-state index is 0.0988. The molecule has 3 heteroatoms. The predicted molar refractivity (Wildman–Crippen MR) is 97.0 cm³/mol. The van der Waals surface area contributed by atoms with Gasteiger partial charge >= 0.3 is 0 Å². The zero-order valence-electron chi connectivity index (χ0n) is 14.3. The van der Waals surface area contributed by atoms with E-state index in [0.29, 0.717) is 5.92 Å². The van der Waals surface area contributed by atoms with Crippen molar-refractivity contribution in [2.45, 2.75) is 19.3 Å². The summed E-state index contributed by atoms with van der Waals surface area (Å²) in [6.07, 6.45) is 3.30. The van der Waals surface area contributed by atoms with E-state index in [4.69, 9.17) is 4.74 Å². The first kappa shape index (κ1) is 16.7. The lowest BCUT2D eigenvalue weighted by atomic mass is 9.96. The molecule has 0 aliphatic carbocycles. The van der Waals surface area contributed by atoms with Gasteiger partial charge in [0, 0.05) is 32.4 Å². The van der Waals surface area contributed by atoms with Gasteiger partial charge in [0.2, 0.25) is 0 Å². The van der Waals surface area contributed by atoms with Gasteiger partial charge in [0.15, 0.2) is 0 Å². The van der Waals surface area contributed by atoms with Crippen LogP contribution in [-0.2, 0) is 4.74 Å². The molecule has 0 bridgehead atoms. The standard InChI is InChI=1S/C21H25NO2/c1-22(14-11-17-12-15-24-16-13-17)21(23)20-9-7-19(8-10-20)18-5-3-2-4-6-18/h2-10,17H,11-16H2,1H3. The first-order chi connectivity index (χ1) is 11.7. The molecular weight excluding hydrogens is 298 g/mol. The molecule has 126 valence electrons. The average molecular weight is 323 g/mol. The van der Waals surface area contributed by atoms with Gasteiger partial charge in [0.25, 0.3) is 5.91 Å². The first-order valence-electron chi connectivity index (χ1n) is 8.73.